The van der Waals surface area contributed by atoms with Crippen molar-refractivity contribution in [3.8, 4) is 11.5 Å². The summed E-state index contributed by atoms with van der Waals surface area (Å²) in [6, 6.07) is 0. The molecule has 0 unspecified atom stereocenters. The first-order chi connectivity index (χ1) is 6.38. The number of nitrogens with zero attached hydrogens (tertiary/aromatic N) is 2. The number of anilines is 1. The number of aromatic nitrogens is 2. The molecule has 0 aromatic carbocycles. The molecule has 0 saturated heterocycles. The minimum atomic E-state index is -1.37. The average molecular weight is 270 g/mol. The molecule has 0 atom stereocenters. The van der Waals surface area contributed by atoms with Crippen LogP contribution in [0.25, 0.3) is 0 Å². The van der Waals surface area contributed by atoms with Gasteiger partial charge in [-0.2, -0.15) is 0 Å². The van der Waals surface area contributed by atoms with E-state index in [1.165, 1.54) is 6.20 Å². The molecular weight excluding hydrogens is 258 g/mol. The Hall–Kier alpha value is -0.863. The summed E-state index contributed by atoms with van der Waals surface area (Å²) in [7, 11) is -1.37. The van der Waals surface area contributed by atoms with Gasteiger partial charge < -0.3 is 5.73 Å². The predicted octanol–water partition coefficient (Wildman–Crippen LogP) is 2.05. The maximum absolute atomic E-state index is 5.52. The Morgan fingerprint density at radius 3 is 2.64 bits per heavy atom. The number of nitrogen functional groups attached to an aromatic ring is 1. The summed E-state index contributed by atoms with van der Waals surface area (Å²) in [6.07, 6.45) is 1.50. The van der Waals surface area contributed by atoms with Crippen molar-refractivity contribution in [2.45, 2.75) is 19.6 Å². The third kappa shape index (κ3) is 3.48. The van der Waals surface area contributed by atoms with E-state index in [0.717, 1.165) is 0 Å². The quantitative estimate of drug-likeness (QED) is 0.580. The predicted molar refractivity (Wildman–Crippen MR) is 64.4 cm³/mol. The van der Waals surface area contributed by atoms with Crippen molar-refractivity contribution >= 4 is 29.8 Å². The highest BCUT2D eigenvalue weighted by Gasteiger charge is 2.08. The molecule has 0 spiro atoms. The second-order valence-electron chi connectivity index (χ2n) is 3.93. The van der Waals surface area contributed by atoms with E-state index in [-0.39, 0.29) is 0 Å². The van der Waals surface area contributed by atoms with Crippen molar-refractivity contribution in [2.24, 2.45) is 0 Å². The Labute approximate surface area is 93.3 Å². The third-order valence-corrected chi connectivity index (χ3v) is 2.76. The SMILES string of the molecule is C[Si](C)(C)C#Cc1nc(N)cnc1Br. The lowest BCUT2D eigenvalue weighted by atomic mass is 10.5. The zero-order chi connectivity index (χ0) is 10.8. The van der Waals surface area contributed by atoms with Crippen molar-refractivity contribution in [2.75, 3.05) is 5.73 Å². The van der Waals surface area contributed by atoms with E-state index in [1.54, 1.807) is 0 Å². The van der Waals surface area contributed by atoms with Gasteiger partial charge in [0.1, 0.15) is 24.2 Å². The molecule has 0 amide bonds. The molecule has 0 fully saturated rings. The van der Waals surface area contributed by atoms with E-state index in [0.29, 0.717) is 16.1 Å². The van der Waals surface area contributed by atoms with Crippen LogP contribution in [-0.4, -0.2) is 18.0 Å². The molecule has 0 aliphatic carbocycles. The van der Waals surface area contributed by atoms with Crippen LogP contribution < -0.4 is 5.73 Å². The molecule has 0 radical (unpaired) electrons. The number of nitrogens with two attached hydrogens (primary N) is 1. The molecule has 0 bridgehead atoms. The molecular formula is C9H12BrN3Si. The minimum absolute atomic E-state index is 0.396. The Balaban J connectivity index is 3.06. The van der Waals surface area contributed by atoms with Crippen LogP contribution >= 0.6 is 15.9 Å². The van der Waals surface area contributed by atoms with Crippen molar-refractivity contribution in [1.82, 2.24) is 9.97 Å². The van der Waals surface area contributed by atoms with Gasteiger partial charge in [0.25, 0.3) is 0 Å². The smallest absolute Gasteiger partial charge is 0.147 e. The van der Waals surface area contributed by atoms with Crippen LogP contribution in [0.1, 0.15) is 5.69 Å². The van der Waals surface area contributed by atoms with Crippen LogP contribution in [0.4, 0.5) is 5.82 Å². The van der Waals surface area contributed by atoms with Gasteiger partial charge in [0, 0.05) is 0 Å². The highest BCUT2D eigenvalue weighted by molar-refractivity contribution is 9.10. The topological polar surface area (TPSA) is 51.8 Å². The maximum Gasteiger partial charge on any atom is 0.147 e. The Bertz CT molecular complexity index is 401. The normalized spacial score (nSPS) is 10.6. The van der Waals surface area contributed by atoms with Gasteiger partial charge >= 0.3 is 0 Å². The summed E-state index contributed by atoms with van der Waals surface area (Å²) in [4.78, 5) is 8.11. The van der Waals surface area contributed by atoms with Crippen molar-refractivity contribution < 1.29 is 0 Å². The van der Waals surface area contributed by atoms with Gasteiger partial charge in [-0.05, 0) is 15.9 Å². The molecule has 14 heavy (non-hydrogen) atoms. The first-order valence-corrected chi connectivity index (χ1v) is 8.49. The lowest BCUT2D eigenvalue weighted by molar-refractivity contribution is 1.15. The number of halogens is 1. The molecule has 5 heteroatoms. The minimum Gasteiger partial charge on any atom is -0.382 e. The van der Waals surface area contributed by atoms with Gasteiger partial charge in [0.15, 0.2) is 0 Å². The van der Waals surface area contributed by atoms with Gasteiger partial charge in [0.2, 0.25) is 0 Å². The van der Waals surface area contributed by atoms with Crippen LogP contribution in [-0.2, 0) is 0 Å². The third-order valence-electron chi connectivity index (χ3n) is 1.30. The average Bonchev–Trinajstić information content (AvgIpc) is 2.05. The van der Waals surface area contributed by atoms with Crippen molar-refractivity contribution in [3.05, 3.63) is 16.5 Å². The van der Waals surface area contributed by atoms with Crippen LogP contribution in [0.2, 0.25) is 19.6 Å². The largest absolute Gasteiger partial charge is 0.382 e. The summed E-state index contributed by atoms with van der Waals surface area (Å²) in [5, 5.41) is 0. The summed E-state index contributed by atoms with van der Waals surface area (Å²) in [5.41, 5.74) is 9.34. The Morgan fingerprint density at radius 1 is 1.43 bits per heavy atom. The van der Waals surface area contributed by atoms with Crippen LogP contribution in [0.15, 0.2) is 10.8 Å². The highest BCUT2D eigenvalue weighted by atomic mass is 79.9. The molecule has 2 N–H and O–H groups in total. The molecule has 1 aromatic rings. The van der Waals surface area contributed by atoms with Crippen molar-refractivity contribution in [3.63, 3.8) is 0 Å². The second kappa shape index (κ2) is 4.11. The van der Waals surface area contributed by atoms with Crippen LogP contribution in [0.3, 0.4) is 0 Å². The van der Waals surface area contributed by atoms with Crippen LogP contribution in [0.5, 0.6) is 0 Å². The standard InChI is InChI=1S/C9H12BrN3Si/c1-14(2,3)5-4-7-9(10)12-6-8(11)13-7/h6H,1-3H3,(H2,11,13). The summed E-state index contributed by atoms with van der Waals surface area (Å²) in [6.45, 7) is 6.52. The van der Waals surface area contributed by atoms with Gasteiger partial charge in [-0.1, -0.05) is 25.6 Å². The molecule has 0 saturated carbocycles. The van der Waals surface area contributed by atoms with E-state index < -0.39 is 8.07 Å². The fourth-order valence-electron chi connectivity index (χ4n) is 0.714. The zero-order valence-corrected chi connectivity index (χ0v) is 11.0. The molecule has 0 aliphatic heterocycles. The first kappa shape index (κ1) is 11.2. The van der Waals surface area contributed by atoms with Crippen molar-refractivity contribution in [1.29, 1.82) is 0 Å². The number of hydrogen-bond donors (Lipinski definition) is 1. The molecule has 3 nitrogen and oxygen atoms in total. The fourth-order valence-corrected chi connectivity index (χ4v) is 1.50. The molecule has 1 aromatic heterocycles. The van der Waals surface area contributed by atoms with Crippen LogP contribution in [0, 0.1) is 11.5 Å². The molecule has 1 heterocycles. The molecule has 74 valence electrons. The summed E-state index contributed by atoms with van der Waals surface area (Å²) >= 11 is 3.28. The van der Waals surface area contributed by atoms with Gasteiger partial charge in [-0.25, -0.2) is 9.97 Å². The monoisotopic (exact) mass is 269 g/mol. The highest BCUT2D eigenvalue weighted by Crippen LogP contribution is 2.11. The van der Waals surface area contributed by atoms with E-state index in [9.17, 15) is 0 Å². The number of rotatable bonds is 0. The lowest BCUT2D eigenvalue weighted by Crippen LogP contribution is -2.16. The van der Waals surface area contributed by atoms with E-state index in [4.69, 9.17) is 5.73 Å². The van der Waals surface area contributed by atoms with Gasteiger partial charge in [0.05, 0.1) is 6.20 Å². The van der Waals surface area contributed by atoms with E-state index >= 15 is 0 Å². The zero-order valence-electron chi connectivity index (χ0n) is 8.43. The Morgan fingerprint density at radius 2 is 2.07 bits per heavy atom. The summed E-state index contributed by atoms with van der Waals surface area (Å²) < 4.78 is 0.650. The van der Waals surface area contributed by atoms with Gasteiger partial charge in [-0.15, -0.1) is 5.54 Å². The Kier molecular flexibility index (Phi) is 3.29. The lowest BCUT2D eigenvalue weighted by Gasteiger charge is -2.03. The van der Waals surface area contributed by atoms with E-state index in [1.807, 2.05) is 0 Å². The van der Waals surface area contributed by atoms with E-state index in [2.05, 4.69) is 57.0 Å². The van der Waals surface area contributed by atoms with Gasteiger partial charge in [-0.3, -0.25) is 0 Å². The fraction of sp³-hybridized carbons (Fsp3) is 0.333. The number of hydrogen-bond acceptors (Lipinski definition) is 3. The first-order valence-electron chi connectivity index (χ1n) is 4.20. The molecule has 1 rings (SSSR count). The second-order valence-corrected chi connectivity index (χ2v) is 9.44. The molecule has 0 aliphatic rings. The maximum atomic E-state index is 5.52. The summed E-state index contributed by atoms with van der Waals surface area (Å²) in [5.74, 6) is 3.40.